The number of rotatable bonds is 7. The topological polar surface area (TPSA) is 25.8 Å². The molecule has 0 unspecified atom stereocenters. The van der Waals surface area contributed by atoms with Gasteiger partial charge in [-0.15, -0.1) is 0 Å². The van der Waals surface area contributed by atoms with Crippen LogP contribution in [0.5, 0.6) is 0 Å². The molecule has 140 valence electrons. The summed E-state index contributed by atoms with van der Waals surface area (Å²) in [7, 11) is 0. The summed E-state index contributed by atoms with van der Waals surface area (Å²) >= 11 is 0. The fourth-order valence-electron chi connectivity index (χ4n) is 3.94. The van der Waals surface area contributed by atoms with E-state index in [0.29, 0.717) is 11.4 Å². The van der Waals surface area contributed by atoms with Crippen LogP contribution in [0.25, 0.3) is 11.4 Å². The molecule has 1 fully saturated rings. The van der Waals surface area contributed by atoms with Gasteiger partial charge in [-0.25, -0.2) is 18.7 Å². The predicted octanol–water partition coefficient (Wildman–Crippen LogP) is 6.35. The molecule has 0 saturated heterocycles. The first-order valence-electron chi connectivity index (χ1n) is 9.92. The lowest BCUT2D eigenvalue weighted by Gasteiger charge is -2.28. The van der Waals surface area contributed by atoms with E-state index in [2.05, 4.69) is 16.9 Å². The summed E-state index contributed by atoms with van der Waals surface area (Å²) in [6.45, 7) is 2.27. The van der Waals surface area contributed by atoms with E-state index in [0.717, 1.165) is 36.0 Å². The maximum atomic E-state index is 13.3. The zero-order valence-electron chi connectivity index (χ0n) is 15.6. The number of aromatic nitrogens is 2. The molecule has 1 saturated carbocycles. The quantitative estimate of drug-likeness (QED) is 0.576. The Balaban J connectivity index is 1.48. The molecule has 3 rings (SSSR count). The number of unbranched alkanes of at least 4 members (excludes halogenated alkanes) is 1. The van der Waals surface area contributed by atoms with E-state index in [-0.39, 0.29) is 0 Å². The molecular weight excluding hydrogens is 330 g/mol. The van der Waals surface area contributed by atoms with E-state index in [1.807, 2.05) is 12.4 Å². The molecule has 2 nitrogen and oxygen atoms in total. The lowest BCUT2D eigenvalue weighted by Crippen LogP contribution is -2.15. The third-order valence-electron chi connectivity index (χ3n) is 5.66. The van der Waals surface area contributed by atoms with Crippen molar-refractivity contribution in [3.8, 4) is 11.4 Å². The van der Waals surface area contributed by atoms with E-state index in [9.17, 15) is 8.78 Å². The Morgan fingerprint density at radius 1 is 0.923 bits per heavy atom. The van der Waals surface area contributed by atoms with Crippen molar-refractivity contribution >= 4 is 0 Å². The van der Waals surface area contributed by atoms with Gasteiger partial charge in [0, 0.05) is 18.0 Å². The Morgan fingerprint density at radius 3 is 2.19 bits per heavy atom. The summed E-state index contributed by atoms with van der Waals surface area (Å²) in [5.41, 5.74) is 1.62. The van der Waals surface area contributed by atoms with E-state index in [1.165, 1.54) is 57.4 Å². The number of benzene rings is 1. The van der Waals surface area contributed by atoms with Crippen LogP contribution in [0.2, 0.25) is 0 Å². The van der Waals surface area contributed by atoms with Gasteiger partial charge in [0.1, 0.15) is 0 Å². The van der Waals surface area contributed by atoms with Crippen LogP contribution < -0.4 is 0 Å². The van der Waals surface area contributed by atoms with Crippen LogP contribution in [0.1, 0.15) is 63.9 Å². The zero-order valence-corrected chi connectivity index (χ0v) is 15.6. The highest BCUT2D eigenvalue weighted by atomic mass is 19.2. The molecule has 0 N–H and O–H groups in total. The number of aryl methyl sites for hydroxylation is 1. The zero-order chi connectivity index (χ0) is 18.4. The predicted molar refractivity (Wildman–Crippen MR) is 101 cm³/mol. The number of halogens is 2. The molecule has 1 aliphatic carbocycles. The van der Waals surface area contributed by atoms with Crippen molar-refractivity contribution in [3.63, 3.8) is 0 Å². The maximum absolute atomic E-state index is 13.3. The maximum Gasteiger partial charge on any atom is 0.159 e. The van der Waals surface area contributed by atoms with Crippen molar-refractivity contribution < 1.29 is 8.78 Å². The van der Waals surface area contributed by atoms with E-state index >= 15 is 0 Å². The molecule has 0 amide bonds. The lowest BCUT2D eigenvalue weighted by atomic mass is 9.78. The highest BCUT2D eigenvalue weighted by molar-refractivity contribution is 5.54. The van der Waals surface area contributed by atoms with Gasteiger partial charge in [0.05, 0.1) is 0 Å². The van der Waals surface area contributed by atoms with E-state index in [1.54, 1.807) is 0 Å². The smallest absolute Gasteiger partial charge is 0.159 e. The van der Waals surface area contributed by atoms with Crippen molar-refractivity contribution in [1.29, 1.82) is 0 Å². The van der Waals surface area contributed by atoms with E-state index in [4.69, 9.17) is 0 Å². The Bertz CT molecular complexity index is 692. The Kier molecular flexibility index (Phi) is 6.70. The first kappa shape index (κ1) is 18.9. The average molecular weight is 358 g/mol. The summed E-state index contributed by atoms with van der Waals surface area (Å²) < 4.78 is 26.4. The second kappa shape index (κ2) is 9.20. The molecule has 0 bridgehead atoms. The van der Waals surface area contributed by atoms with Gasteiger partial charge >= 0.3 is 0 Å². The molecular formula is C22H28F2N2. The van der Waals surface area contributed by atoms with Crippen LogP contribution in [0.3, 0.4) is 0 Å². The van der Waals surface area contributed by atoms with Gasteiger partial charge in [-0.3, -0.25) is 0 Å². The Morgan fingerprint density at radius 2 is 1.58 bits per heavy atom. The summed E-state index contributed by atoms with van der Waals surface area (Å²) in [4.78, 5) is 8.66. The third-order valence-corrected chi connectivity index (χ3v) is 5.66. The van der Waals surface area contributed by atoms with Gasteiger partial charge in [0.2, 0.25) is 0 Å². The van der Waals surface area contributed by atoms with Crippen LogP contribution in [0.4, 0.5) is 8.78 Å². The van der Waals surface area contributed by atoms with Crippen LogP contribution >= 0.6 is 0 Å². The minimum Gasteiger partial charge on any atom is -0.236 e. The normalized spacial score (nSPS) is 20.3. The van der Waals surface area contributed by atoms with Crippen LogP contribution in [-0.2, 0) is 6.42 Å². The standard InChI is InChI=1S/C22H28F2N2/c1-2-3-4-16-5-7-17(8-6-16)9-10-18-14-25-22(26-15-18)19-11-12-20(23)21(24)13-19/h11-17H,2-10H2,1H3/t16-,17-. The molecule has 1 aromatic heterocycles. The van der Waals surface area contributed by atoms with Gasteiger partial charge in [-0.2, -0.15) is 0 Å². The van der Waals surface area contributed by atoms with Gasteiger partial charge in [0.25, 0.3) is 0 Å². The monoisotopic (exact) mass is 358 g/mol. The van der Waals surface area contributed by atoms with Gasteiger partial charge in [0.15, 0.2) is 17.5 Å². The van der Waals surface area contributed by atoms with Crippen molar-refractivity contribution in [3.05, 3.63) is 47.8 Å². The SMILES string of the molecule is CCCC[C@H]1CC[C@H](CCc2cnc(-c3ccc(F)c(F)c3)nc2)CC1. The van der Waals surface area contributed by atoms with Crippen molar-refractivity contribution in [2.24, 2.45) is 11.8 Å². The molecule has 0 aliphatic heterocycles. The lowest BCUT2D eigenvalue weighted by molar-refractivity contribution is 0.250. The fraction of sp³-hybridized carbons (Fsp3) is 0.545. The summed E-state index contributed by atoms with van der Waals surface area (Å²) in [5, 5.41) is 0. The molecule has 0 radical (unpaired) electrons. The highest BCUT2D eigenvalue weighted by Crippen LogP contribution is 2.34. The molecule has 4 heteroatoms. The molecule has 1 aliphatic rings. The number of nitrogens with zero attached hydrogens (tertiary/aromatic N) is 2. The van der Waals surface area contributed by atoms with Crippen molar-refractivity contribution in [1.82, 2.24) is 9.97 Å². The first-order chi connectivity index (χ1) is 12.7. The number of hydrogen-bond acceptors (Lipinski definition) is 2. The molecule has 0 spiro atoms. The summed E-state index contributed by atoms with van der Waals surface area (Å²) in [6.07, 6.45) is 15.4. The van der Waals surface area contributed by atoms with Gasteiger partial charge in [-0.1, -0.05) is 51.9 Å². The highest BCUT2D eigenvalue weighted by Gasteiger charge is 2.20. The molecule has 2 aromatic rings. The summed E-state index contributed by atoms with van der Waals surface area (Å²) in [5.74, 6) is 0.479. The van der Waals surface area contributed by atoms with Gasteiger partial charge < -0.3 is 0 Å². The van der Waals surface area contributed by atoms with Gasteiger partial charge in [-0.05, 0) is 48.4 Å². The Hall–Kier alpha value is -1.84. The van der Waals surface area contributed by atoms with Crippen LogP contribution in [-0.4, -0.2) is 9.97 Å². The summed E-state index contributed by atoms with van der Waals surface area (Å²) in [6, 6.07) is 3.75. The Labute approximate surface area is 155 Å². The molecule has 1 heterocycles. The van der Waals surface area contributed by atoms with Crippen LogP contribution in [0, 0.1) is 23.5 Å². The van der Waals surface area contributed by atoms with E-state index < -0.39 is 11.6 Å². The molecule has 26 heavy (non-hydrogen) atoms. The van der Waals surface area contributed by atoms with Crippen molar-refractivity contribution in [2.75, 3.05) is 0 Å². The van der Waals surface area contributed by atoms with Crippen molar-refractivity contribution in [2.45, 2.75) is 64.7 Å². The second-order valence-corrected chi connectivity index (χ2v) is 7.61. The molecule has 1 aromatic carbocycles. The first-order valence-corrected chi connectivity index (χ1v) is 9.92. The number of hydrogen-bond donors (Lipinski definition) is 0. The fourth-order valence-corrected chi connectivity index (χ4v) is 3.94. The average Bonchev–Trinajstić information content (AvgIpc) is 2.68. The third kappa shape index (κ3) is 5.09. The van der Waals surface area contributed by atoms with Crippen LogP contribution in [0.15, 0.2) is 30.6 Å². The minimum atomic E-state index is -0.871. The molecule has 0 atom stereocenters. The second-order valence-electron chi connectivity index (χ2n) is 7.61. The largest absolute Gasteiger partial charge is 0.236 e. The minimum absolute atomic E-state index is 0.434.